The molecule has 27 heavy (non-hydrogen) atoms. The predicted molar refractivity (Wildman–Crippen MR) is 104 cm³/mol. The van der Waals surface area contributed by atoms with Crippen LogP contribution in [0.2, 0.25) is 0 Å². The number of carbonyl (C=O) groups excluding carboxylic acids is 1. The number of rotatable bonds is 3. The van der Waals surface area contributed by atoms with Gasteiger partial charge < -0.3 is 5.32 Å². The van der Waals surface area contributed by atoms with Gasteiger partial charge in [-0.2, -0.15) is 5.10 Å². The Morgan fingerprint density at radius 2 is 1.81 bits per heavy atom. The smallest absolute Gasteiger partial charge is 0.270 e. The molecule has 2 N–H and O–H groups in total. The summed E-state index contributed by atoms with van der Waals surface area (Å²) in [5.74, 6) is 0.171. The first-order valence-corrected chi connectivity index (χ1v) is 9.14. The highest BCUT2D eigenvalue weighted by atomic mass is 16.2. The van der Waals surface area contributed by atoms with E-state index in [0.717, 1.165) is 22.6 Å². The van der Waals surface area contributed by atoms with Crippen LogP contribution in [0.4, 0.5) is 5.82 Å². The molecule has 0 bridgehead atoms. The van der Waals surface area contributed by atoms with Crippen LogP contribution in [-0.2, 0) is 4.79 Å². The van der Waals surface area contributed by atoms with Crippen molar-refractivity contribution in [3.8, 4) is 5.69 Å². The number of aromatic nitrogens is 4. The van der Waals surface area contributed by atoms with Crippen LogP contribution in [-0.4, -0.2) is 25.5 Å². The zero-order valence-corrected chi connectivity index (χ0v) is 15.9. The topological polar surface area (TPSA) is 84.7 Å². The summed E-state index contributed by atoms with van der Waals surface area (Å²) in [7, 11) is 0. The molecular weight excluding hydrogens is 342 g/mol. The Morgan fingerprint density at radius 3 is 2.48 bits per heavy atom. The van der Waals surface area contributed by atoms with Crippen LogP contribution < -0.4 is 10.9 Å². The van der Waals surface area contributed by atoms with Gasteiger partial charge in [-0.1, -0.05) is 18.2 Å². The lowest BCUT2D eigenvalue weighted by molar-refractivity contribution is -0.116. The molecule has 1 atom stereocenters. The second-order valence-electron chi connectivity index (χ2n) is 7.30. The summed E-state index contributed by atoms with van der Waals surface area (Å²) in [5, 5.41) is 10.4. The minimum atomic E-state index is -0.310. The third-order valence-electron chi connectivity index (χ3n) is 5.17. The summed E-state index contributed by atoms with van der Waals surface area (Å²) in [5.41, 5.74) is 4.14. The Balaban J connectivity index is 1.90. The number of carbonyl (C=O) groups is 1. The van der Waals surface area contributed by atoms with E-state index in [4.69, 9.17) is 5.10 Å². The number of H-pyrrole nitrogens is 1. The quantitative estimate of drug-likeness (QED) is 0.748. The number of fused-ring (bicyclic) bond motifs is 1. The normalized spacial score (nSPS) is 16.5. The van der Waals surface area contributed by atoms with Gasteiger partial charge in [0.05, 0.1) is 16.9 Å². The van der Waals surface area contributed by atoms with Gasteiger partial charge in [-0.25, -0.2) is 4.68 Å². The number of benzene rings is 1. The van der Waals surface area contributed by atoms with Gasteiger partial charge in [-0.15, -0.1) is 0 Å². The standard InChI is InChI=1S/C20H23N5O2/c1-11(2)24-19-18(20(27)23-24)15(10-16(26)21-19)17-12(3)22-25(13(17)4)14-8-6-5-7-9-14/h5-9,11,15H,10H2,1-4H3,(H,21,26)(H,23,27)/t15-/m1/s1. The number of nitrogens with zero attached hydrogens (tertiary/aromatic N) is 3. The first-order chi connectivity index (χ1) is 12.9. The Morgan fingerprint density at radius 1 is 1.11 bits per heavy atom. The average Bonchev–Trinajstić information content (AvgIpc) is 3.12. The molecule has 3 heterocycles. The van der Waals surface area contributed by atoms with Gasteiger partial charge in [0.25, 0.3) is 5.56 Å². The Kier molecular flexibility index (Phi) is 4.02. The molecule has 3 aromatic rings. The van der Waals surface area contributed by atoms with Crippen molar-refractivity contribution in [3.05, 3.63) is 63.2 Å². The van der Waals surface area contributed by atoms with Crippen LogP contribution in [0.15, 0.2) is 35.1 Å². The minimum Gasteiger partial charge on any atom is -0.311 e. The first kappa shape index (κ1) is 17.3. The van der Waals surface area contributed by atoms with E-state index in [2.05, 4.69) is 10.4 Å². The highest BCUT2D eigenvalue weighted by molar-refractivity contribution is 5.94. The highest BCUT2D eigenvalue weighted by Crippen LogP contribution is 2.39. The van der Waals surface area contributed by atoms with Crippen LogP contribution in [0.5, 0.6) is 0 Å². The largest absolute Gasteiger partial charge is 0.311 e. The van der Waals surface area contributed by atoms with Gasteiger partial charge in [-0.3, -0.25) is 19.4 Å². The zero-order valence-electron chi connectivity index (χ0n) is 15.9. The molecule has 4 rings (SSSR count). The van der Waals surface area contributed by atoms with E-state index >= 15 is 0 Å². The Hall–Kier alpha value is -3.09. The van der Waals surface area contributed by atoms with Crippen molar-refractivity contribution in [1.82, 2.24) is 19.6 Å². The fourth-order valence-corrected chi connectivity index (χ4v) is 4.00. The van der Waals surface area contributed by atoms with E-state index in [-0.39, 0.29) is 29.8 Å². The Labute approximate surface area is 157 Å². The second-order valence-corrected chi connectivity index (χ2v) is 7.30. The molecule has 0 unspecified atom stereocenters. The van der Waals surface area contributed by atoms with Crippen LogP contribution in [0, 0.1) is 13.8 Å². The molecule has 0 saturated heterocycles. The van der Waals surface area contributed by atoms with Crippen LogP contribution in [0.25, 0.3) is 5.69 Å². The van der Waals surface area contributed by atoms with E-state index in [1.54, 1.807) is 4.68 Å². The van der Waals surface area contributed by atoms with Crippen molar-refractivity contribution in [1.29, 1.82) is 0 Å². The number of aromatic amines is 1. The first-order valence-electron chi connectivity index (χ1n) is 9.14. The molecule has 140 valence electrons. The van der Waals surface area contributed by atoms with E-state index < -0.39 is 0 Å². The van der Waals surface area contributed by atoms with E-state index in [9.17, 15) is 9.59 Å². The number of para-hydroxylation sites is 1. The molecule has 0 fully saturated rings. The van der Waals surface area contributed by atoms with Crippen molar-refractivity contribution in [2.24, 2.45) is 0 Å². The van der Waals surface area contributed by atoms with Crippen molar-refractivity contribution in [3.63, 3.8) is 0 Å². The van der Waals surface area contributed by atoms with Gasteiger partial charge in [0.15, 0.2) is 0 Å². The summed E-state index contributed by atoms with van der Waals surface area (Å²) >= 11 is 0. The molecular formula is C20H23N5O2. The molecule has 7 nitrogen and oxygen atoms in total. The molecule has 7 heteroatoms. The van der Waals surface area contributed by atoms with Gasteiger partial charge in [0.2, 0.25) is 5.91 Å². The number of anilines is 1. The fraction of sp³-hybridized carbons (Fsp3) is 0.350. The SMILES string of the molecule is Cc1nn(-c2ccccc2)c(C)c1[C@H]1CC(=O)Nc2c1c(=O)[nH]n2C(C)C. The molecule has 0 aliphatic carbocycles. The summed E-state index contributed by atoms with van der Waals surface area (Å²) < 4.78 is 3.61. The van der Waals surface area contributed by atoms with Crippen molar-refractivity contribution >= 4 is 11.7 Å². The highest BCUT2D eigenvalue weighted by Gasteiger charge is 2.36. The second kappa shape index (κ2) is 6.26. The number of nitrogens with one attached hydrogen (secondary N) is 2. The molecule has 1 aromatic carbocycles. The lowest BCUT2D eigenvalue weighted by Gasteiger charge is -2.24. The fourth-order valence-electron chi connectivity index (χ4n) is 4.00. The third kappa shape index (κ3) is 2.70. The molecule has 0 spiro atoms. The average molecular weight is 365 g/mol. The third-order valence-corrected chi connectivity index (χ3v) is 5.17. The molecule has 1 amide bonds. The minimum absolute atomic E-state index is 0.0368. The molecule has 1 aliphatic rings. The van der Waals surface area contributed by atoms with Crippen molar-refractivity contribution in [2.45, 2.75) is 46.1 Å². The van der Waals surface area contributed by atoms with Gasteiger partial charge >= 0.3 is 0 Å². The maximum absolute atomic E-state index is 12.7. The summed E-state index contributed by atoms with van der Waals surface area (Å²) in [6.07, 6.45) is 0.236. The van der Waals surface area contributed by atoms with Gasteiger partial charge in [-0.05, 0) is 39.8 Å². The van der Waals surface area contributed by atoms with Crippen molar-refractivity contribution < 1.29 is 4.79 Å². The molecule has 0 radical (unpaired) electrons. The molecule has 0 saturated carbocycles. The van der Waals surface area contributed by atoms with E-state index in [1.165, 1.54) is 0 Å². The Bertz CT molecular complexity index is 1070. The lowest BCUT2D eigenvalue weighted by atomic mass is 9.86. The van der Waals surface area contributed by atoms with Crippen LogP contribution >= 0.6 is 0 Å². The summed E-state index contributed by atoms with van der Waals surface area (Å²) in [6, 6.07) is 9.90. The van der Waals surface area contributed by atoms with Gasteiger partial charge in [0.1, 0.15) is 5.82 Å². The van der Waals surface area contributed by atoms with Gasteiger partial charge in [0, 0.05) is 29.6 Å². The van der Waals surface area contributed by atoms with Crippen LogP contribution in [0.3, 0.4) is 0 Å². The van der Waals surface area contributed by atoms with E-state index in [0.29, 0.717) is 11.4 Å². The summed E-state index contributed by atoms with van der Waals surface area (Å²) in [4.78, 5) is 25.1. The monoisotopic (exact) mass is 365 g/mol. The number of hydrogen-bond donors (Lipinski definition) is 2. The maximum atomic E-state index is 12.7. The molecule has 2 aromatic heterocycles. The number of hydrogen-bond acceptors (Lipinski definition) is 3. The summed E-state index contributed by atoms with van der Waals surface area (Å²) in [6.45, 7) is 7.86. The van der Waals surface area contributed by atoms with Crippen molar-refractivity contribution in [2.75, 3.05) is 5.32 Å². The van der Waals surface area contributed by atoms with E-state index in [1.807, 2.05) is 62.7 Å². The maximum Gasteiger partial charge on any atom is 0.270 e. The number of amides is 1. The lowest BCUT2D eigenvalue weighted by Crippen LogP contribution is -2.27. The predicted octanol–water partition coefficient (Wildman–Crippen LogP) is 3.03. The molecule has 1 aliphatic heterocycles. The zero-order chi connectivity index (χ0) is 19.3. The van der Waals surface area contributed by atoms with Crippen LogP contribution in [0.1, 0.15) is 54.7 Å². The number of aryl methyl sites for hydroxylation is 1.